The predicted molar refractivity (Wildman–Crippen MR) is 76.2 cm³/mol. The van der Waals surface area contributed by atoms with Crippen LogP contribution >= 0.6 is 0 Å². The number of nitrogens with one attached hydrogen (secondary N) is 1. The number of nitrogens with zero attached hydrogens (tertiary/aromatic N) is 1. The lowest BCUT2D eigenvalue weighted by Gasteiger charge is -2.29. The third-order valence-corrected chi connectivity index (χ3v) is 3.71. The quantitative estimate of drug-likeness (QED) is 0.800. The highest BCUT2D eigenvalue weighted by molar-refractivity contribution is 5.10. The molecule has 2 heteroatoms. The minimum atomic E-state index is 0.579. The van der Waals surface area contributed by atoms with Gasteiger partial charge in [0.15, 0.2) is 0 Å². The van der Waals surface area contributed by atoms with Crippen molar-refractivity contribution in [3.05, 3.63) is 55.0 Å². The lowest BCUT2D eigenvalue weighted by atomic mass is 9.83. The Morgan fingerprint density at radius 3 is 2.72 bits per heavy atom. The van der Waals surface area contributed by atoms with Gasteiger partial charge in [0.05, 0.1) is 0 Å². The highest BCUT2D eigenvalue weighted by atomic mass is 14.9. The predicted octanol–water partition coefficient (Wildman–Crippen LogP) is 3.47. The standard InChI is InChI=1S/C16H22N2/c1-3-13(2)18-15-9-7-14(8-10-15)12-16-6-4-5-11-17-16/h3-6,11,14-15,18H,1-2,7-10,12H2. The Kier molecular flexibility index (Phi) is 4.57. The molecule has 0 atom stereocenters. The van der Waals surface area contributed by atoms with Crippen molar-refractivity contribution in [3.8, 4) is 0 Å². The number of hydrogen-bond acceptors (Lipinski definition) is 2. The molecule has 1 N–H and O–H groups in total. The first kappa shape index (κ1) is 12.9. The van der Waals surface area contributed by atoms with E-state index in [1.165, 1.54) is 31.4 Å². The topological polar surface area (TPSA) is 24.9 Å². The summed E-state index contributed by atoms with van der Waals surface area (Å²) in [5.41, 5.74) is 2.17. The van der Waals surface area contributed by atoms with Crippen molar-refractivity contribution in [2.75, 3.05) is 0 Å². The van der Waals surface area contributed by atoms with Crippen LogP contribution < -0.4 is 5.32 Å². The lowest BCUT2D eigenvalue weighted by Crippen LogP contribution is -2.32. The van der Waals surface area contributed by atoms with E-state index in [0.717, 1.165) is 18.0 Å². The maximum absolute atomic E-state index is 4.41. The number of pyridine rings is 1. The van der Waals surface area contributed by atoms with Crippen LogP contribution in [-0.4, -0.2) is 11.0 Å². The van der Waals surface area contributed by atoms with Crippen molar-refractivity contribution in [1.29, 1.82) is 0 Å². The number of aromatic nitrogens is 1. The van der Waals surface area contributed by atoms with Crippen molar-refractivity contribution in [1.82, 2.24) is 10.3 Å². The fourth-order valence-electron chi connectivity index (χ4n) is 2.65. The molecule has 1 aliphatic rings. The van der Waals surface area contributed by atoms with E-state index in [-0.39, 0.29) is 0 Å². The zero-order chi connectivity index (χ0) is 12.8. The summed E-state index contributed by atoms with van der Waals surface area (Å²) in [5, 5.41) is 3.42. The van der Waals surface area contributed by atoms with Crippen molar-refractivity contribution < 1.29 is 0 Å². The molecule has 2 nitrogen and oxygen atoms in total. The molecule has 0 spiro atoms. The van der Waals surface area contributed by atoms with Gasteiger partial charge in [-0.05, 0) is 56.2 Å². The van der Waals surface area contributed by atoms with Gasteiger partial charge in [0.1, 0.15) is 0 Å². The Morgan fingerprint density at radius 2 is 2.11 bits per heavy atom. The molecular weight excluding hydrogens is 220 g/mol. The summed E-state index contributed by atoms with van der Waals surface area (Å²) in [7, 11) is 0. The van der Waals surface area contributed by atoms with Gasteiger partial charge >= 0.3 is 0 Å². The van der Waals surface area contributed by atoms with E-state index in [0.29, 0.717) is 6.04 Å². The first-order valence-electron chi connectivity index (χ1n) is 6.75. The summed E-state index contributed by atoms with van der Waals surface area (Å²) in [5.74, 6) is 0.787. The largest absolute Gasteiger partial charge is 0.383 e. The molecule has 1 heterocycles. The van der Waals surface area contributed by atoms with Gasteiger partial charge in [-0.25, -0.2) is 0 Å². The maximum atomic E-state index is 4.41. The van der Waals surface area contributed by atoms with Crippen LogP contribution in [0.1, 0.15) is 31.4 Å². The third kappa shape index (κ3) is 3.73. The molecule has 1 fully saturated rings. The summed E-state index contributed by atoms with van der Waals surface area (Å²) in [6.45, 7) is 7.64. The number of rotatable bonds is 5. The van der Waals surface area contributed by atoms with E-state index >= 15 is 0 Å². The van der Waals surface area contributed by atoms with E-state index in [9.17, 15) is 0 Å². The molecule has 1 aromatic heterocycles. The molecule has 96 valence electrons. The van der Waals surface area contributed by atoms with Crippen LogP contribution in [0.15, 0.2) is 49.3 Å². The summed E-state index contributed by atoms with van der Waals surface area (Å²) in [4.78, 5) is 4.41. The van der Waals surface area contributed by atoms with E-state index < -0.39 is 0 Å². The second-order valence-corrected chi connectivity index (χ2v) is 5.12. The van der Waals surface area contributed by atoms with Crippen LogP contribution in [0.25, 0.3) is 0 Å². The molecule has 2 rings (SSSR count). The van der Waals surface area contributed by atoms with Gasteiger partial charge in [0.2, 0.25) is 0 Å². The van der Waals surface area contributed by atoms with E-state index in [1.807, 2.05) is 12.3 Å². The Labute approximate surface area is 110 Å². The highest BCUT2D eigenvalue weighted by Gasteiger charge is 2.21. The molecule has 0 bridgehead atoms. The SMILES string of the molecule is C=CC(=C)NC1CCC(Cc2ccccn2)CC1. The monoisotopic (exact) mass is 242 g/mol. The molecule has 0 aromatic carbocycles. The summed E-state index contributed by atoms with van der Waals surface area (Å²) < 4.78 is 0. The number of hydrogen-bond donors (Lipinski definition) is 1. The first-order valence-corrected chi connectivity index (χ1v) is 6.75. The molecule has 18 heavy (non-hydrogen) atoms. The van der Waals surface area contributed by atoms with Crippen LogP contribution in [-0.2, 0) is 6.42 Å². The van der Waals surface area contributed by atoms with Gasteiger partial charge < -0.3 is 5.32 Å². The molecule has 0 amide bonds. The van der Waals surface area contributed by atoms with Crippen LogP contribution in [0.3, 0.4) is 0 Å². The molecule has 0 unspecified atom stereocenters. The molecular formula is C16H22N2. The molecule has 0 saturated heterocycles. The van der Waals surface area contributed by atoms with Gasteiger partial charge in [-0.1, -0.05) is 19.2 Å². The summed E-state index contributed by atoms with van der Waals surface area (Å²) in [6.07, 6.45) is 9.80. The van der Waals surface area contributed by atoms with Crippen molar-refractivity contribution in [2.45, 2.75) is 38.1 Å². The molecule has 0 aliphatic heterocycles. The van der Waals surface area contributed by atoms with Crippen LogP contribution in [0.2, 0.25) is 0 Å². The Balaban J connectivity index is 1.77. The maximum Gasteiger partial charge on any atom is 0.0406 e. The summed E-state index contributed by atoms with van der Waals surface area (Å²) in [6, 6.07) is 6.76. The fourth-order valence-corrected chi connectivity index (χ4v) is 2.65. The van der Waals surface area contributed by atoms with Crippen molar-refractivity contribution in [2.24, 2.45) is 5.92 Å². The fraction of sp³-hybridized carbons (Fsp3) is 0.438. The van der Waals surface area contributed by atoms with Gasteiger partial charge in [-0.3, -0.25) is 4.98 Å². The Hall–Kier alpha value is -1.57. The van der Waals surface area contributed by atoms with Crippen molar-refractivity contribution in [3.63, 3.8) is 0 Å². The first-order chi connectivity index (χ1) is 8.78. The van der Waals surface area contributed by atoms with Gasteiger partial charge in [0, 0.05) is 23.6 Å². The average molecular weight is 242 g/mol. The third-order valence-electron chi connectivity index (χ3n) is 3.71. The molecule has 0 radical (unpaired) electrons. The van der Waals surface area contributed by atoms with E-state index in [2.05, 4.69) is 35.6 Å². The van der Waals surface area contributed by atoms with Gasteiger partial charge in [-0.2, -0.15) is 0 Å². The molecule has 1 aromatic rings. The second-order valence-electron chi connectivity index (χ2n) is 5.12. The van der Waals surface area contributed by atoms with Gasteiger partial charge in [0.25, 0.3) is 0 Å². The lowest BCUT2D eigenvalue weighted by molar-refractivity contribution is 0.302. The number of allylic oxidation sites excluding steroid dienone is 1. The van der Waals surface area contributed by atoms with E-state index in [1.54, 1.807) is 6.08 Å². The minimum absolute atomic E-state index is 0.579. The summed E-state index contributed by atoms with van der Waals surface area (Å²) >= 11 is 0. The minimum Gasteiger partial charge on any atom is -0.383 e. The average Bonchev–Trinajstić information content (AvgIpc) is 2.42. The van der Waals surface area contributed by atoms with Crippen molar-refractivity contribution >= 4 is 0 Å². The molecule has 1 aliphatic carbocycles. The van der Waals surface area contributed by atoms with Crippen LogP contribution in [0, 0.1) is 5.92 Å². The zero-order valence-electron chi connectivity index (χ0n) is 10.9. The highest BCUT2D eigenvalue weighted by Crippen LogP contribution is 2.27. The van der Waals surface area contributed by atoms with Crippen LogP contribution in [0.5, 0.6) is 0 Å². The molecule has 1 saturated carbocycles. The Morgan fingerprint density at radius 1 is 1.33 bits per heavy atom. The zero-order valence-corrected chi connectivity index (χ0v) is 10.9. The van der Waals surface area contributed by atoms with E-state index in [4.69, 9.17) is 0 Å². The smallest absolute Gasteiger partial charge is 0.0406 e. The Bertz CT molecular complexity index is 389. The van der Waals surface area contributed by atoms with Gasteiger partial charge in [-0.15, -0.1) is 0 Å². The van der Waals surface area contributed by atoms with Crippen LogP contribution in [0.4, 0.5) is 0 Å². The normalized spacial score (nSPS) is 23.3. The second kappa shape index (κ2) is 6.39.